The lowest BCUT2D eigenvalue weighted by Gasteiger charge is -2.21. The highest BCUT2D eigenvalue weighted by molar-refractivity contribution is 6.44. The summed E-state index contributed by atoms with van der Waals surface area (Å²) in [7, 11) is 0. The second kappa shape index (κ2) is 11.1. The summed E-state index contributed by atoms with van der Waals surface area (Å²) in [5, 5.41) is 8.83. The lowest BCUT2D eigenvalue weighted by Crippen LogP contribution is -2.14. The molecule has 0 bridgehead atoms. The fourth-order valence-electron chi connectivity index (χ4n) is 4.68. The van der Waals surface area contributed by atoms with Gasteiger partial charge in [-0.2, -0.15) is 13.2 Å². The Hall–Kier alpha value is -4.08. The number of nitrogens with two attached hydrogens (primary N) is 1. The molecule has 3 N–H and O–H groups in total. The highest BCUT2D eigenvalue weighted by Crippen LogP contribution is 2.50. The third-order valence-corrected chi connectivity index (χ3v) is 7.31. The Morgan fingerprint density at radius 3 is 2.51 bits per heavy atom. The van der Waals surface area contributed by atoms with E-state index in [1.54, 1.807) is 24.3 Å². The van der Waals surface area contributed by atoms with Crippen LogP contribution in [0.4, 0.5) is 13.2 Å². The zero-order chi connectivity index (χ0) is 29.5. The van der Waals surface area contributed by atoms with Crippen molar-refractivity contribution in [1.29, 1.82) is 5.41 Å². The topological polar surface area (TPSA) is 97.8 Å². The number of amidine groups is 2. The van der Waals surface area contributed by atoms with Crippen molar-refractivity contribution in [3.05, 3.63) is 93.0 Å². The van der Waals surface area contributed by atoms with E-state index in [2.05, 4.69) is 4.99 Å². The van der Waals surface area contributed by atoms with Crippen LogP contribution < -0.4 is 10.5 Å². The van der Waals surface area contributed by atoms with Crippen molar-refractivity contribution < 1.29 is 27.4 Å². The molecule has 0 atom stereocenters. The van der Waals surface area contributed by atoms with E-state index in [4.69, 9.17) is 43.8 Å². The molecule has 6 nitrogen and oxygen atoms in total. The maximum Gasteiger partial charge on any atom is 0.417 e. The first-order valence-corrected chi connectivity index (χ1v) is 13.3. The van der Waals surface area contributed by atoms with Crippen LogP contribution in [0.3, 0.4) is 0 Å². The number of alkyl halides is 3. The molecule has 0 aliphatic carbocycles. The van der Waals surface area contributed by atoms with Crippen LogP contribution in [0.15, 0.2) is 65.7 Å². The molecule has 0 radical (unpaired) electrons. The third-order valence-electron chi connectivity index (χ3n) is 6.54. The molecule has 0 unspecified atom stereocenters. The second-order valence-electron chi connectivity index (χ2n) is 9.28. The Balaban J connectivity index is 1.78. The highest BCUT2D eigenvalue weighted by atomic mass is 35.5. The Labute approximate surface area is 243 Å². The monoisotopic (exact) mass is 599 g/mol. The SMILES string of the molecule is CCCCOC(=O)c1cccc(Oc2c(Cl)c(Cl)cc3cc4c(c(-c5ccccc5C(F)(F)F)c23)C(N)=NC4=N)c1. The van der Waals surface area contributed by atoms with Crippen LogP contribution >= 0.6 is 23.2 Å². The number of aliphatic imine (C=N–C) groups is 1. The predicted octanol–water partition coefficient (Wildman–Crippen LogP) is 8.63. The average molecular weight is 600 g/mol. The number of hydrogen-bond donors (Lipinski definition) is 2. The molecule has 1 heterocycles. The summed E-state index contributed by atoms with van der Waals surface area (Å²) in [5.41, 5.74) is 5.70. The zero-order valence-electron chi connectivity index (χ0n) is 21.5. The fraction of sp³-hybridized carbons (Fsp3) is 0.167. The van der Waals surface area contributed by atoms with Gasteiger partial charge in [0.15, 0.2) is 11.6 Å². The van der Waals surface area contributed by atoms with Gasteiger partial charge in [0.1, 0.15) is 16.6 Å². The van der Waals surface area contributed by atoms with Gasteiger partial charge in [0.25, 0.3) is 0 Å². The number of unbranched alkanes of at least 4 members (excludes halogenated alkanes) is 1. The minimum atomic E-state index is -4.71. The van der Waals surface area contributed by atoms with Crippen molar-refractivity contribution in [3.8, 4) is 22.6 Å². The number of fused-ring (bicyclic) bond motifs is 2. The first-order chi connectivity index (χ1) is 19.5. The van der Waals surface area contributed by atoms with Crippen molar-refractivity contribution in [1.82, 2.24) is 0 Å². The maximum absolute atomic E-state index is 14.3. The number of halogens is 5. The first-order valence-electron chi connectivity index (χ1n) is 12.5. The summed E-state index contributed by atoms with van der Waals surface area (Å²) >= 11 is 13.1. The lowest BCUT2D eigenvalue weighted by molar-refractivity contribution is -0.137. The molecule has 0 saturated carbocycles. The number of carbonyl (C=O) groups is 1. The molecule has 4 aromatic carbocycles. The Morgan fingerprint density at radius 2 is 1.78 bits per heavy atom. The molecule has 0 spiro atoms. The lowest BCUT2D eigenvalue weighted by atomic mass is 9.87. The molecule has 0 aromatic heterocycles. The van der Waals surface area contributed by atoms with Gasteiger partial charge in [-0.3, -0.25) is 5.41 Å². The number of nitrogens with one attached hydrogen (secondary N) is 1. The smallest absolute Gasteiger partial charge is 0.417 e. The number of esters is 1. The second-order valence-corrected chi connectivity index (χ2v) is 10.1. The van der Waals surface area contributed by atoms with Crippen LogP contribution in [-0.2, 0) is 10.9 Å². The molecule has 41 heavy (non-hydrogen) atoms. The molecule has 0 fully saturated rings. The number of ether oxygens (including phenoxy) is 2. The van der Waals surface area contributed by atoms with Crippen molar-refractivity contribution >= 4 is 51.6 Å². The van der Waals surface area contributed by atoms with Crippen molar-refractivity contribution in [3.63, 3.8) is 0 Å². The van der Waals surface area contributed by atoms with Crippen molar-refractivity contribution in [2.45, 2.75) is 25.9 Å². The largest absolute Gasteiger partial charge is 0.462 e. The number of nitrogens with zero attached hydrogens (tertiary/aromatic N) is 1. The Kier molecular flexibility index (Phi) is 7.68. The number of carbonyl (C=O) groups excluding carboxylic acids is 1. The van der Waals surface area contributed by atoms with Gasteiger partial charge in [-0.1, -0.05) is 60.8 Å². The Morgan fingerprint density at radius 1 is 1.02 bits per heavy atom. The highest BCUT2D eigenvalue weighted by Gasteiger charge is 2.37. The van der Waals surface area contributed by atoms with Gasteiger partial charge in [0.2, 0.25) is 0 Å². The summed E-state index contributed by atoms with van der Waals surface area (Å²) < 4.78 is 54.2. The van der Waals surface area contributed by atoms with E-state index >= 15 is 0 Å². The number of hydrogen-bond acceptors (Lipinski definition) is 5. The van der Waals surface area contributed by atoms with E-state index in [0.29, 0.717) is 11.8 Å². The van der Waals surface area contributed by atoms with Gasteiger partial charge < -0.3 is 15.2 Å². The molecular weight excluding hydrogens is 578 g/mol. The fourth-order valence-corrected chi connectivity index (χ4v) is 5.07. The van der Waals surface area contributed by atoms with Crippen LogP contribution in [0.2, 0.25) is 10.0 Å². The summed E-state index contributed by atoms with van der Waals surface area (Å²) in [6.07, 6.45) is -3.15. The standard InChI is InChI=1S/C30H22Cl2F3N3O3/c1-2-3-11-40-29(39)15-7-6-8-17(12-15)41-26-22-16(14-21(31)25(26)32)13-19-24(28(37)38-27(19)36)23(22)18-9-4-5-10-20(18)30(33,34)35/h4-10,12-14H,2-3,11H2,1H3,(H3,36,37,38). The van der Waals surface area contributed by atoms with E-state index in [-0.39, 0.29) is 73.0 Å². The van der Waals surface area contributed by atoms with Gasteiger partial charge in [-0.15, -0.1) is 0 Å². The van der Waals surface area contributed by atoms with E-state index in [0.717, 1.165) is 12.5 Å². The first kappa shape index (κ1) is 28.4. The minimum absolute atomic E-state index is 0.0395. The van der Waals surface area contributed by atoms with Crippen LogP contribution in [0.1, 0.15) is 46.8 Å². The van der Waals surface area contributed by atoms with E-state index < -0.39 is 17.7 Å². The number of rotatable bonds is 7. The van der Waals surface area contributed by atoms with Crippen LogP contribution in [-0.4, -0.2) is 24.2 Å². The average Bonchev–Trinajstić information content (AvgIpc) is 3.22. The molecule has 0 amide bonds. The molecular formula is C30H22Cl2F3N3O3. The molecule has 4 aromatic rings. The van der Waals surface area contributed by atoms with Gasteiger partial charge in [0.05, 0.1) is 22.8 Å². The minimum Gasteiger partial charge on any atom is -0.462 e. The normalized spacial score (nSPS) is 12.8. The third kappa shape index (κ3) is 5.35. The Bertz CT molecular complexity index is 1750. The molecule has 1 aliphatic heterocycles. The summed E-state index contributed by atoms with van der Waals surface area (Å²) in [4.78, 5) is 16.6. The van der Waals surface area contributed by atoms with Gasteiger partial charge in [-0.05, 0) is 53.8 Å². The maximum atomic E-state index is 14.3. The number of benzene rings is 4. The summed E-state index contributed by atoms with van der Waals surface area (Å²) in [5.74, 6) is -0.747. The molecule has 11 heteroatoms. The van der Waals surface area contributed by atoms with Crippen molar-refractivity contribution in [2.75, 3.05) is 6.61 Å². The van der Waals surface area contributed by atoms with E-state index in [1.165, 1.54) is 30.3 Å². The van der Waals surface area contributed by atoms with Crippen LogP contribution in [0.25, 0.3) is 21.9 Å². The van der Waals surface area contributed by atoms with Gasteiger partial charge in [0, 0.05) is 22.1 Å². The van der Waals surface area contributed by atoms with E-state index in [1.807, 2.05) is 6.92 Å². The quantitative estimate of drug-likeness (QED) is 0.164. The van der Waals surface area contributed by atoms with Crippen LogP contribution in [0.5, 0.6) is 11.5 Å². The molecule has 0 saturated heterocycles. The molecule has 210 valence electrons. The predicted molar refractivity (Wildman–Crippen MR) is 154 cm³/mol. The van der Waals surface area contributed by atoms with Gasteiger partial charge in [-0.25, -0.2) is 9.79 Å². The zero-order valence-corrected chi connectivity index (χ0v) is 23.0. The molecule has 5 rings (SSSR count). The molecule has 1 aliphatic rings. The van der Waals surface area contributed by atoms with Gasteiger partial charge >= 0.3 is 12.1 Å². The summed E-state index contributed by atoms with van der Waals surface area (Å²) in [6, 6.07) is 14.2. The summed E-state index contributed by atoms with van der Waals surface area (Å²) in [6.45, 7) is 2.23. The van der Waals surface area contributed by atoms with E-state index in [9.17, 15) is 18.0 Å². The van der Waals surface area contributed by atoms with Crippen molar-refractivity contribution in [2.24, 2.45) is 10.7 Å². The van der Waals surface area contributed by atoms with Crippen LogP contribution in [0, 0.1) is 5.41 Å².